The number of carbonyl (C=O) groups excluding carboxylic acids is 1. The monoisotopic (exact) mass is 420 g/mol. The molecule has 0 unspecified atom stereocenters. The second kappa shape index (κ2) is 8.06. The average Bonchev–Trinajstić information content (AvgIpc) is 3.05. The maximum absolute atomic E-state index is 12.5. The van der Waals surface area contributed by atoms with Crippen molar-refractivity contribution in [3.05, 3.63) is 17.2 Å². The van der Waals surface area contributed by atoms with Gasteiger partial charge in [0.05, 0.1) is 24.9 Å². The lowest BCUT2D eigenvalue weighted by molar-refractivity contribution is -0.118. The number of benzene rings is 1. The van der Waals surface area contributed by atoms with Gasteiger partial charge in [0.2, 0.25) is 11.0 Å². The molecule has 0 spiro atoms. The van der Waals surface area contributed by atoms with Gasteiger partial charge in [0.15, 0.2) is 0 Å². The van der Waals surface area contributed by atoms with Crippen molar-refractivity contribution in [2.45, 2.75) is 18.2 Å². The first-order valence-electron chi connectivity index (χ1n) is 7.26. The van der Waals surface area contributed by atoms with Crippen molar-refractivity contribution in [2.75, 3.05) is 24.3 Å². The summed E-state index contributed by atoms with van der Waals surface area (Å²) in [7, 11) is -1.28. The Hall–Kier alpha value is -2.11. The van der Waals surface area contributed by atoms with E-state index in [1.54, 1.807) is 13.8 Å². The molecule has 0 aliphatic rings. The normalized spacial score (nSPS) is 11.3. The first-order valence-corrected chi connectivity index (χ1v) is 9.94. The van der Waals surface area contributed by atoms with Gasteiger partial charge in [-0.05, 0) is 0 Å². The summed E-state index contributed by atoms with van der Waals surface area (Å²) in [4.78, 5) is 11.7. The van der Waals surface area contributed by atoms with Crippen LogP contribution in [0.1, 0.15) is 13.8 Å². The lowest BCUT2D eigenvalue weighted by Gasteiger charge is -2.13. The Morgan fingerprint density at radius 3 is 2.42 bits per heavy atom. The molecule has 1 amide bonds. The first kappa shape index (κ1) is 20.2. The van der Waals surface area contributed by atoms with E-state index < -0.39 is 10.0 Å². The van der Waals surface area contributed by atoms with Gasteiger partial charge in [-0.2, -0.15) is 8.42 Å². The van der Waals surface area contributed by atoms with E-state index in [9.17, 15) is 13.2 Å². The minimum absolute atomic E-state index is 0.0877. The molecule has 0 aliphatic carbocycles. The van der Waals surface area contributed by atoms with Gasteiger partial charge < -0.3 is 14.8 Å². The smallest absolute Gasteiger partial charge is 0.291 e. The summed E-state index contributed by atoms with van der Waals surface area (Å²) in [5, 5.41) is 10.1. The molecule has 1 aromatic carbocycles. The standard InChI is InChI=1S/C14H17ClN4O5S2/c1-7(2)12(20)16-13-17-18-14(25-13)26(21,22)19-9-6-10(23-3)8(15)5-11(9)24-4/h5-7,19H,1-4H3,(H,16,17,20). The van der Waals surface area contributed by atoms with Gasteiger partial charge in [-0.15, -0.1) is 10.2 Å². The number of methoxy groups -OCH3 is 2. The largest absolute Gasteiger partial charge is 0.495 e. The molecule has 2 N–H and O–H groups in total. The van der Waals surface area contributed by atoms with Crippen LogP contribution in [0.2, 0.25) is 5.02 Å². The van der Waals surface area contributed by atoms with Crippen LogP contribution >= 0.6 is 22.9 Å². The van der Waals surface area contributed by atoms with E-state index in [0.717, 1.165) is 11.3 Å². The molecule has 2 aromatic rings. The highest BCUT2D eigenvalue weighted by Gasteiger charge is 2.24. The molecule has 12 heteroatoms. The van der Waals surface area contributed by atoms with Gasteiger partial charge in [0, 0.05) is 18.1 Å². The number of aromatic nitrogens is 2. The minimum atomic E-state index is -4.05. The highest BCUT2D eigenvalue weighted by Crippen LogP contribution is 2.37. The predicted octanol–water partition coefficient (Wildman–Crippen LogP) is 2.60. The first-order chi connectivity index (χ1) is 12.2. The third-order valence-corrected chi connectivity index (χ3v) is 5.98. The molecule has 0 aliphatic heterocycles. The molecule has 26 heavy (non-hydrogen) atoms. The Morgan fingerprint density at radius 2 is 1.85 bits per heavy atom. The fraction of sp³-hybridized carbons (Fsp3) is 0.357. The van der Waals surface area contributed by atoms with Crippen molar-refractivity contribution in [3.8, 4) is 11.5 Å². The SMILES string of the molecule is COc1cc(NS(=O)(=O)c2nnc(NC(=O)C(C)C)s2)c(OC)cc1Cl. The lowest BCUT2D eigenvalue weighted by Crippen LogP contribution is -2.17. The Labute approximate surface area is 159 Å². The topological polar surface area (TPSA) is 120 Å². The van der Waals surface area contributed by atoms with Gasteiger partial charge in [-0.1, -0.05) is 36.8 Å². The van der Waals surface area contributed by atoms with Crippen LogP contribution in [-0.4, -0.2) is 38.7 Å². The molecule has 0 atom stereocenters. The number of nitrogens with one attached hydrogen (secondary N) is 2. The van der Waals surface area contributed by atoms with Gasteiger partial charge in [0.25, 0.3) is 14.4 Å². The second-order valence-electron chi connectivity index (χ2n) is 5.31. The molecule has 0 fully saturated rings. The van der Waals surface area contributed by atoms with Crippen molar-refractivity contribution < 1.29 is 22.7 Å². The van der Waals surface area contributed by atoms with E-state index in [-0.39, 0.29) is 43.5 Å². The van der Waals surface area contributed by atoms with Crippen molar-refractivity contribution in [3.63, 3.8) is 0 Å². The molecule has 9 nitrogen and oxygen atoms in total. The second-order valence-corrected chi connectivity index (χ2v) is 8.55. The van der Waals surface area contributed by atoms with Crippen LogP contribution in [0.25, 0.3) is 0 Å². The van der Waals surface area contributed by atoms with Gasteiger partial charge in [-0.25, -0.2) is 0 Å². The number of hydrogen-bond acceptors (Lipinski definition) is 8. The molecule has 0 saturated heterocycles. The van der Waals surface area contributed by atoms with Crippen LogP contribution in [0.5, 0.6) is 11.5 Å². The van der Waals surface area contributed by atoms with Gasteiger partial charge in [0.1, 0.15) is 11.5 Å². The van der Waals surface area contributed by atoms with Crippen molar-refractivity contribution in [1.29, 1.82) is 0 Å². The Bertz CT molecular complexity index is 914. The number of hydrogen-bond donors (Lipinski definition) is 2. The van der Waals surface area contributed by atoms with Crippen LogP contribution in [0.4, 0.5) is 10.8 Å². The van der Waals surface area contributed by atoms with Crippen molar-refractivity contribution in [1.82, 2.24) is 10.2 Å². The summed E-state index contributed by atoms with van der Waals surface area (Å²) in [6.07, 6.45) is 0. The van der Waals surface area contributed by atoms with Gasteiger partial charge >= 0.3 is 0 Å². The predicted molar refractivity (Wildman–Crippen MR) is 98.7 cm³/mol. The number of amides is 1. The Balaban J connectivity index is 2.29. The van der Waals surface area contributed by atoms with Crippen LogP contribution in [0.15, 0.2) is 16.5 Å². The summed E-state index contributed by atoms with van der Waals surface area (Å²) in [6, 6.07) is 2.81. The van der Waals surface area contributed by atoms with E-state index in [4.69, 9.17) is 21.1 Å². The number of anilines is 2. The van der Waals surface area contributed by atoms with Crippen LogP contribution in [-0.2, 0) is 14.8 Å². The van der Waals surface area contributed by atoms with Crippen molar-refractivity contribution in [2.24, 2.45) is 5.92 Å². The molecular weight excluding hydrogens is 404 g/mol. The number of sulfonamides is 1. The van der Waals surface area contributed by atoms with E-state index in [1.807, 2.05) is 0 Å². The fourth-order valence-corrected chi connectivity index (χ4v) is 3.94. The van der Waals surface area contributed by atoms with Gasteiger partial charge in [-0.3, -0.25) is 9.52 Å². The third kappa shape index (κ3) is 4.54. The zero-order valence-electron chi connectivity index (χ0n) is 14.4. The summed E-state index contributed by atoms with van der Waals surface area (Å²) in [6.45, 7) is 3.41. The number of halogens is 1. The maximum Gasteiger partial charge on any atom is 0.291 e. The molecule has 0 saturated carbocycles. The van der Waals surface area contributed by atoms with E-state index in [0.29, 0.717) is 0 Å². The average molecular weight is 421 g/mol. The van der Waals surface area contributed by atoms with E-state index in [1.165, 1.54) is 26.4 Å². The number of rotatable bonds is 7. The van der Waals surface area contributed by atoms with E-state index in [2.05, 4.69) is 20.2 Å². The zero-order chi connectivity index (χ0) is 19.5. The highest BCUT2D eigenvalue weighted by molar-refractivity contribution is 7.94. The molecule has 0 radical (unpaired) electrons. The molecule has 0 bridgehead atoms. The summed E-state index contributed by atoms with van der Waals surface area (Å²) < 4.78 is 37.3. The zero-order valence-corrected chi connectivity index (χ0v) is 16.8. The lowest BCUT2D eigenvalue weighted by atomic mass is 10.2. The quantitative estimate of drug-likeness (QED) is 0.660. The summed E-state index contributed by atoms with van der Waals surface area (Å²) in [5.74, 6) is -0.0884. The minimum Gasteiger partial charge on any atom is -0.495 e. The summed E-state index contributed by atoms with van der Waals surface area (Å²) in [5.41, 5.74) is 0.122. The van der Waals surface area contributed by atoms with Crippen LogP contribution in [0, 0.1) is 5.92 Å². The number of nitrogens with zero attached hydrogens (tertiary/aromatic N) is 2. The highest BCUT2D eigenvalue weighted by atomic mass is 35.5. The van der Waals surface area contributed by atoms with E-state index >= 15 is 0 Å². The molecule has 1 heterocycles. The fourth-order valence-electron chi connectivity index (χ4n) is 1.75. The Kier molecular flexibility index (Phi) is 6.26. The molecule has 1 aromatic heterocycles. The maximum atomic E-state index is 12.5. The third-order valence-electron chi connectivity index (χ3n) is 3.11. The number of ether oxygens (including phenoxy) is 2. The number of carbonyl (C=O) groups is 1. The molecule has 142 valence electrons. The summed E-state index contributed by atoms with van der Waals surface area (Å²) >= 11 is 6.73. The molecular formula is C14H17ClN4O5S2. The van der Waals surface area contributed by atoms with Crippen molar-refractivity contribution >= 4 is 49.7 Å². The van der Waals surface area contributed by atoms with Crippen LogP contribution in [0.3, 0.4) is 0 Å². The van der Waals surface area contributed by atoms with Crippen LogP contribution < -0.4 is 19.5 Å². The Morgan fingerprint density at radius 1 is 1.19 bits per heavy atom. The molecule has 2 rings (SSSR count).